The van der Waals surface area contributed by atoms with Gasteiger partial charge in [0.2, 0.25) is 0 Å². The Balaban J connectivity index is 2.37. The summed E-state index contributed by atoms with van der Waals surface area (Å²) in [5.74, 6) is 1.43. The lowest BCUT2D eigenvalue weighted by Crippen LogP contribution is -2.12. The van der Waals surface area contributed by atoms with Gasteiger partial charge >= 0.3 is 0 Å². The second-order valence-electron chi connectivity index (χ2n) is 6.63. The van der Waals surface area contributed by atoms with Crippen molar-refractivity contribution in [2.24, 2.45) is 0 Å². The molecule has 1 atom stereocenters. The maximum absolute atomic E-state index is 11.7. The summed E-state index contributed by atoms with van der Waals surface area (Å²) in [6, 6.07) is 22.1. The van der Waals surface area contributed by atoms with Crippen LogP contribution in [-0.2, 0) is 11.2 Å². The summed E-state index contributed by atoms with van der Waals surface area (Å²) in [5, 5.41) is 11.8. The number of allylic oxidation sites excluding steroid dienone is 1. The lowest BCUT2D eigenvalue weighted by molar-refractivity contribution is 0.566. The molecule has 3 aromatic rings. The molecule has 0 aromatic heterocycles. The minimum atomic E-state index is -0.469. The molecule has 0 bridgehead atoms. The minimum absolute atomic E-state index is 0.0885. The van der Waals surface area contributed by atoms with E-state index in [4.69, 9.17) is 12.2 Å². The second kappa shape index (κ2) is 8.76. The maximum atomic E-state index is 11.7. The fourth-order valence-electron chi connectivity index (χ4n) is 3.85. The predicted octanol–water partition coefficient (Wildman–Crippen LogP) is 5.94. The molecule has 3 heteroatoms. The molecule has 0 spiro atoms. The molecule has 3 rings (SSSR count). The van der Waals surface area contributed by atoms with Gasteiger partial charge in [0.05, 0.1) is 5.92 Å². The first-order valence-corrected chi connectivity index (χ1v) is 9.84. The quantitative estimate of drug-likeness (QED) is 0.229. The second-order valence-corrected chi connectivity index (χ2v) is 7.13. The van der Waals surface area contributed by atoms with Crippen molar-refractivity contribution >= 4 is 33.8 Å². The summed E-state index contributed by atoms with van der Waals surface area (Å²) >= 11 is 5.59. The van der Waals surface area contributed by atoms with Crippen LogP contribution in [0.4, 0.5) is 0 Å². The molecule has 0 radical (unpaired) electrons. The van der Waals surface area contributed by atoms with Gasteiger partial charge in [0.25, 0.3) is 0 Å². The van der Waals surface area contributed by atoms with Crippen molar-refractivity contribution in [2.45, 2.75) is 32.6 Å². The van der Waals surface area contributed by atoms with Crippen molar-refractivity contribution in [1.82, 2.24) is 0 Å². The van der Waals surface area contributed by atoms with E-state index < -0.39 is 5.92 Å². The number of nitrogens with zero attached hydrogens (tertiary/aromatic N) is 1. The van der Waals surface area contributed by atoms with E-state index in [0.717, 1.165) is 50.7 Å². The highest BCUT2D eigenvalue weighted by atomic mass is 32.1. The van der Waals surface area contributed by atoms with E-state index in [1.165, 1.54) is 0 Å². The first-order chi connectivity index (χ1) is 13.7. The molecule has 0 amide bonds. The zero-order valence-electron chi connectivity index (χ0n) is 16.0. The number of thiocarbonyl (C=S) groups is 1. The largest absolute Gasteiger partial charge is 0.232 e. The summed E-state index contributed by atoms with van der Waals surface area (Å²) in [7, 11) is 0. The van der Waals surface area contributed by atoms with E-state index in [1.807, 2.05) is 73.5 Å². The minimum Gasteiger partial charge on any atom is -0.232 e. The van der Waals surface area contributed by atoms with Crippen LogP contribution < -0.4 is 0 Å². The van der Waals surface area contributed by atoms with Gasteiger partial charge in [-0.3, -0.25) is 0 Å². The third kappa shape index (κ3) is 3.53. The molecule has 1 unspecified atom stereocenters. The Morgan fingerprint density at radius 2 is 1.68 bits per heavy atom. The third-order valence-corrected chi connectivity index (χ3v) is 5.66. The van der Waals surface area contributed by atoms with Crippen molar-refractivity contribution in [3.8, 4) is 6.07 Å². The molecule has 2 nitrogen and oxygen atoms in total. The van der Waals surface area contributed by atoms with Crippen LogP contribution in [0.1, 0.15) is 48.4 Å². The fraction of sp³-hybridized carbons (Fsp3) is 0.200. The molecule has 138 valence electrons. The number of hydrogen-bond acceptors (Lipinski definition) is 3. The Hall–Kier alpha value is -3.05. The lowest BCUT2D eigenvalue weighted by Gasteiger charge is -2.22. The van der Waals surface area contributed by atoms with Crippen LogP contribution in [0.15, 0.2) is 66.2 Å². The van der Waals surface area contributed by atoms with Gasteiger partial charge in [-0.15, -0.1) is 0 Å². The summed E-state index contributed by atoms with van der Waals surface area (Å²) in [5.41, 5.74) is 4.10. The van der Waals surface area contributed by atoms with E-state index in [1.54, 1.807) is 0 Å². The number of benzene rings is 3. The molecule has 0 fully saturated rings. The monoisotopic (exact) mass is 383 g/mol. The van der Waals surface area contributed by atoms with Crippen LogP contribution in [0, 0.1) is 11.3 Å². The summed E-state index contributed by atoms with van der Waals surface area (Å²) in [6.07, 6.45) is 1.55. The summed E-state index contributed by atoms with van der Waals surface area (Å²) in [6.45, 7) is 4.13. The van der Waals surface area contributed by atoms with E-state index in [9.17, 15) is 10.1 Å². The standard InChI is InChI=1S/C25H21NOS/c1-3-19-21(24(28)4-2)12-8-14-22(19)25(18(15-26)16-27)23-13-7-10-17-9-5-6-11-20(17)23/h5-14,25H,3-4H2,1-2H3. The Labute approximate surface area is 171 Å². The van der Waals surface area contributed by atoms with Crippen LogP contribution in [0.2, 0.25) is 0 Å². The van der Waals surface area contributed by atoms with Crippen molar-refractivity contribution in [3.05, 3.63) is 88.5 Å². The van der Waals surface area contributed by atoms with E-state index in [-0.39, 0.29) is 5.57 Å². The molecule has 0 N–H and O–H groups in total. The number of nitriles is 1. The van der Waals surface area contributed by atoms with E-state index >= 15 is 0 Å². The molecule has 0 saturated carbocycles. The van der Waals surface area contributed by atoms with Crippen LogP contribution in [-0.4, -0.2) is 10.8 Å². The summed E-state index contributed by atoms with van der Waals surface area (Å²) in [4.78, 5) is 12.6. The number of fused-ring (bicyclic) bond motifs is 1. The maximum Gasteiger partial charge on any atom is 0.140 e. The van der Waals surface area contributed by atoms with Gasteiger partial charge in [0, 0.05) is 4.86 Å². The first kappa shape index (κ1) is 19.7. The van der Waals surface area contributed by atoms with Crippen molar-refractivity contribution in [3.63, 3.8) is 0 Å². The van der Waals surface area contributed by atoms with Gasteiger partial charge in [0.15, 0.2) is 0 Å². The molecule has 3 aromatic carbocycles. The molecular formula is C25H21NOS. The number of carbonyl (C=O) groups excluding carboxylic acids is 1. The molecule has 0 aliphatic carbocycles. The topological polar surface area (TPSA) is 40.9 Å². The molecule has 28 heavy (non-hydrogen) atoms. The Morgan fingerprint density at radius 3 is 2.36 bits per heavy atom. The Kier molecular flexibility index (Phi) is 6.16. The zero-order chi connectivity index (χ0) is 20.1. The molecule has 0 heterocycles. The third-order valence-electron chi connectivity index (χ3n) is 5.15. The lowest BCUT2D eigenvalue weighted by atomic mass is 9.79. The van der Waals surface area contributed by atoms with Crippen LogP contribution in [0.5, 0.6) is 0 Å². The fourth-order valence-corrected chi connectivity index (χ4v) is 4.04. The Morgan fingerprint density at radius 1 is 1.00 bits per heavy atom. The summed E-state index contributed by atoms with van der Waals surface area (Å²) < 4.78 is 0. The molecular weight excluding hydrogens is 362 g/mol. The van der Waals surface area contributed by atoms with E-state index in [0.29, 0.717) is 0 Å². The molecule has 0 aliphatic rings. The molecule has 0 saturated heterocycles. The van der Waals surface area contributed by atoms with Crippen molar-refractivity contribution in [1.29, 1.82) is 5.26 Å². The van der Waals surface area contributed by atoms with Crippen molar-refractivity contribution < 1.29 is 4.79 Å². The zero-order valence-corrected chi connectivity index (χ0v) is 16.8. The molecule has 0 aliphatic heterocycles. The average Bonchev–Trinajstić information content (AvgIpc) is 2.76. The Bertz CT molecular complexity index is 1130. The number of rotatable bonds is 6. The van der Waals surface area contributed by atoms with Gasteiger partial charge < -0.3 is 0 Å². The van der Waals surface area contributed by atoms with Gasteiger partial charge in [-0.25, -0.2) is 4.79 Å². The van der Waals surface area contributed by atoms with Crippen molar-refractivity contribution in [2.75, 3.05) is 0 Å². The highest BCUT2D eigenvalue weighted by Crippen LogP contribution is 2.38. The first-order valence-electron chi connectivity index (χ1n) is 9.43. The van der Waals surface area contributed by atoms with E-state index in [2.05, 4.69) is 13.0 Å². The van der Waals surface area contributed by atoms with Crippen LogP contribution >= 0.6 is 12.2 Å². The highest BCUT2D eigenvalue weighted by molar-refractivity contribution is 7.80. The SMILES string of the molecule is CCC(=S)c1cccc(C(C(=C=O)C#N)c2cccc3ccccc23)c1CC. The van der Waals surface area contributed by atoms with Gasteiger partial charge in [0.1, 0.15) is 17.6 Å². The number of hydrogen-bond donors (Lipinski definition) is 0. The predicted molar refractivity (Wildman–Crippen MR) is 118 cm³/mol. The average molecular weight is 384 g/mol. The van der Waals surface area contributed by atoms with Gasteiger partial charge in [-0.05, 0) is 45.9 Å². The van der Waals surface area contributed by atoms with Crippen LogP contribution in [0.3, 0.4) is 0 Å². The van der Waals surface area contributed by atoms with Crippen LogP contribution in [0.25, 0.3) is 10.8 Å². The van der Waals surface area contributed by atoms with Gasteiger partial charge in [-0.1, -0.05) is 86.7 Å². The highest BCUT2D eigenvalue weighted by Gasteiger charge is 2.26. The normalized spacial score (nSPS) is 11.5. The smallest absolute Gasteiger partial charge is 0.140 e. The van der Waals surface area contributed by atoms with Gasteiger partial charge in [-0.2, -0.15) is 5.26 Å².